The maximum Gasteiger partial charge on any atom is 0.330 e. The Morgan fingerprint density at radius 1 is 0.977 bits per heavy atom. The monoisotopic (exact) mass is 643 g/mol. The number of nitrogens with two attached hydrogens (primary N) is 1. The van der Waals surface area contributed by atoms with Gasteiger partial charge in [0.2, 0.25) is 5.91 Å². The van der Waals surface area contributed by atoms with Crippen molar-refractivity contribution < 1.29 is 31.5 Å². The summed E-state index contributed by atoms with van der Waals surface area (Å²) >= 11 is 5.65. The molecule has 43 heavy (non-hydrogen) atoms. The summed E-state index contributed by atoms with van der Waals surface area (Å²) in [7, 11) is -3.81. The Kier molecular flexibility index (Phi) is 15.5. The van der Waals surface area contributed by atoms with E-state index >= 15 is 0 Å². The fourth-order valence-corrected chi connectivity index (χ4v) is 7.10. The highest BCUT2D eigenvalue weighted by Gasteiger charge is 2.35. The Balaban J connectivity index is 2.30. The fourth-order valence-electron chi connectivity index (χ4n) is 4.88. The first-order valence-corrected chi connectivity index (χ1v) is 16.9. The summed E-state index contributed by atoms with van der Waals surface area (Å²) in [5, 5.41) is 4.91. The zero-order valence-electron chi connectivity index (χ0n) is 25.1. The Hall–Kier alpha value is -2.60. The first-order chi connectivity index (χ1) is 20.4. The number of aryl methyl sites for hydroxylation is 1. The number of alkyl halides is 1. The molecule has 0 fully saturated rings. The summed E-state index contributed by atoms with van der Waals surface area (Å²) in [5.41, 5.74) is 8.82. The lowest BCUT2D eigenvalue weighted by molar-refractivity contribution is -0.153. The number of benzene rings is 2. The molecule has 0 spiro atoms. The predicted octanol–water partition coefficient (Wildman–Crippen LogP) is 4.21. The van der Waals surface area contributed by atoms with Crippen LogP contribution in [0.3, 0.4) is 0 Å². The summed E-state index contributed by atoms with van der Waals surface area (Å²) in [6.07, 6.45) is 1.90. The summed E-state index contributed by atoms with van der Waals surface area (Å²) in [5.74, 6) is -4.41. The van der Waals surface area contributed by atoms with Gasteiger partial charge in [-0.2, -0.15) is 0 Å². The molecule has 12 heteroatoms. The van der Waals surface area contributed by atoms with Gasteiger partial charge in [-0.25, -0.2) is 22.0 Å². The SMILES string of the molecule is CCCC(CCC)S(=O)(=O)C[C@@H](NC(=O)CCl)C(=O)O[C@H](CNCc1cccc(CC)c1)[C@@H](N)Cc1cc(F)cc(F)c1. The fraction of sp³-hybridized carbons (Fsp3) is 0.548. The van der Waals surface area contributed by atoms with Crippen LogP contribution in [0.4, 0.5) is 8.78 Å². The highest BCUT2D eigenvalue weighted by atomic mass is 35.5. The minimum atomic E-state index is -3.81. The van der Waals surface area contributed by atoms with Crippen molar-refractivity contribution in [2.45, 2.75) is 89.3 Å². The number of ether oxygens (including phenoxy) is 1. The van der Waals surface area contributed by atoms with Crippen molar-refractivity contribution in [1.82, 2.24) is 10.6 Å². The number of esters is 1. The van der Waals surface area contributed by atoms with Crippen molar-refractivity contribution in [1.29, 1.82) is 0 Å². The molecule has 0 aliphatic carbocycles. The Labute approximate surface area is 259 Å². The van der Waals surface area contributed by atoms with Crippen LogP contribution >= 0.6 is 11.6 Å². The molecule has 2 aromatic rings. The molecule has 0 aliphatic rings. The number of carbonyl (C=O) groups excluding carboxylic acids is 2. The van der Waals surface area contributed by atoms with Gasteiger partial charge in [0.1, 0.15) is 29.7 Å². The van der Waals surface area contributed by atoms with Crippen LogP contribution in [0.1, 0.15) is 63.1 Å². The van der Waals surface area contributed by atoms with E-state index in [9.17, 15) is 26.8 Å². The number of sulfone groups is 1. The van der Waals surface area contributed by atoms with Crippen LogP contribution in [0.25, 0.3) is 0 Å². The highest BCUT2D eigenvalue weighted by Crippen LogP contribution is 2.18. The Bertz CT molecular complexity index is 1270. The van der Waals surface area contributed by atoms with Crippen LogP contribution in [0, 0.1) is 11.6 Å². The molecule has 4 N–H and O–H groups in total. The number of amides is 1. The number of carbonyl (C=O) groups is 2. The average Bonchev–Trinajstić information content (AvgIpc) is 2.95. The number of rotatable bonds is 19. The van der Waals surface area contributed by atoms with Crippen LogP contribution in [0.2, 0.25) is 0 Å². The van der Waals surface area contributed by atoms with Crippen molar-refractivity contribution in [3.05, 3.63) is 70.8 Å². The maximum atomic E-state index is 13.8. The van der Waals surface area contributed by atoms with Gasteiger partial charge in [0.25, 0.3) is 0 Å². The second-order valence-electron chi connectivity index (χ2n) is 10.7. The first-order valence-electron chi connectivity index (χ1n) is 14.7. The van der Waals surface area contributed by atoms with E-state index in [-0.39, 0.29) is 18.5 Å². The summed E-state index contributed by atoms with van der Waals surface area (Å²) in [6, 6.07) is 8.51. The van der Waals surface area contributed by atoms with Gasteiger partial charge in [-0.1, -0.05) is 57.9 Å². The summed E-state index contributed by atoms with van der Waals surface area (Å²) in [6.45, 7) is 6.27. The van der Waals surface area contributed by atoms with E-state index < -0.39 is 68.4 Å². The van der Waals surface area contributed by atoms with Crippen LogP contribution in [-0.4, -0.2) is 61.9 Å². The lowest BCUT2D eigenvalue weighted by Gasteiger charge is -2.28. The molecule has 0 aromatic heterocycles. The van der Waals surface area contributed by atoms with Gasteiger partial charge >= 0.3 is 5.97 Å². The van der Waals surface area contributed by atoms with E-state index in [0.717, 1.165) is 35.7 Å². The average molecular weight is 644 g/mol. The zero-order chi connectivity index (χ0) is 32.0. The molecule has 0 aliphatic heterocycles. The number of nitrogens with one attached hydrogen (secondary N) is 2. The van der Waals surface area contributed by atoms with E-state index in [1.54, 1.807) is 0 Å². The number of halogens is 3. The summed E-state index contributed by atoms with van der Waals surface area (Å²) in [4.78, 5) is 25.6. The third kappa shape index (κ3) is 12.5. The summed E-state index contributed by atoms with van der Waals surface area (Å²) < 4.78 is 60.0. The van der Waals surface area contributed by atoms with E-state index in [0.29, 0.717) is 32.2 Å². The molecule has 0 saturated carbocycles. The minimum absolute atomic E-state index is 0.0360. The molecule has 0 unspecified atom stereocenters. The highest BCUT2D eigenvalue weighted by molar-refractivity contribution is 7.92. The molecule has 0 bridgehead atoms. The van der Waals surface area contributed by atoms with Gasteiger partial charge in [0, 0.05) is 25.2 Å². The Morgan fingerprint density at radius 3 is 2.19 bits per heavy atom. The van der Waals surface area contributed by atoms with E-state index in [1.165, 1.54) is 0 Å². The second-order valence-corrected chi connectivity index (χ2v) is 13.3. The van der Waals surface area contributed by atoms with Gasteiger partial charge in [0.05, 0.1) is 11.0 Å². The molecule has 2 aromatic carbocycles. The van der Waals surface area contributed by atoms with Crippen LogP contribution < -0.4 is 16.4 Å². The normalized spacial score (nSPS) is 13.9. The Morgan fingerprint density at radius 2 is 1.60 bits per heavy atom. The van der Waals surface area contributed by atoms with Crippen LogP contribution in [0.5, 0.6) is 0 Å². The van der Waals surface area contributed by atoms with Crippen LogP contribution in [0.15, 0.2) is 42.5 Å². The van der Waals surface area contributed by atoms with Gasteiger partial charge in [-0.15, -0.1) is 11.6 Å². The van der Waals surface area contributed by atoms with Crippen molar-refractivity contribution in [2.24, 2.45) is 5.73 Å². The predicted molar refractivity (Wildman–Crippen MR) is 165 cm³/mol. The molecule has 1 amide bonds. The second kappa shape index (κ2) is 18.3. The standard InChI is InChI=1S/C31H44ClF2N3O5S/c1-4-8-26(9-5-2)43(40,41)20-28(37-30(38)17-32)31(39)42-29(19-36-18-22-11-7-10-21(6-3)12-22)27(35)15-23-13-24(33)16-25(34)14-23/h7,10-14,16,26-29,36H,4-6,8-9,15,17-20,35H2,1-3H3,(H,37,38)/t27-,28+,29+/m0/s1. The van der Waals surface area contributed by atoms with Gasteiger partial charge < -0.3 is 21.1 Å². The van der Waals surface area contributed by atoms with Gasteiger partial charge in [0.15, 0.2) is 9.84 Å². The maximum absolute atomic E-state index is 13.8. The molecule has 0 heterocycles. The molecule has 8 nitrogen and oxygen atoms in total. The quantitative estimate of drug-likeness (QED) is 0.155. The third-order valence-corrected chi connectivity index (χ3v) is 9.61. The van der Waals surface area contributed by atoms with Crippen molar-refractivity contribution in [2.75, 3.05) is 18.2 Å². The molecule has 0 radical (unpaired) electrons. The van der Waals surface area contributed by atoms with Crippen LogP contribution in [-0.2, 0) is 43.5 Å². The number of hydrogen-bond acceptors (Lipinski definition) is 7. The zero-order valence-corrected chi connectivity index (χ0v) is 26.7. The molecule has 0 saturated heterocycles. The van der Waals surface area contributed by atoms with E-state index in [4.69, 9.17) is 22.1 Å². The topological polar surface area (TPSA) is 128 Å². The van der Waals surface area contributed by atoms with E-state index in [1.807, 2.05) is 45.0 Å². The lowest BCUT2D eigenvalue weighted by Crippen LogP contribution is -2.52. The number of hydrogen-bond donors (Lipinski definition) is 3. The molecule has 3 atom stereocenters. The van der Waals surface area contributed by atoms with Gasteiger partial charge in [-0.05, 0) is 54.5 Å². The van der Waals surface area contributed by atoms with Crippen molar-refractivity contribution in [3.8, 4) is 0 Å². The molecule has 2 rings (SSSR count). The minimum Gasteiger partial charge on any atom is -0.458 e. The third-order valence-electron chi connectivity index (χ3n) is 7.08. The van der Waals surface area contributed by atoms with E-state index in [2.05, 4.69) is 10.6 Å². The molecule has 240 valence electrons. The van der Waals surface area contributed by atoms with Gasteiger partial charge in [-0.3, -0.25) is 4.79 Å². The molecular formula is C31H44ClF2N3O5S. The van der Waals surface area contributed by atoms with Crippen molar-refractivity contribution >= 4 is 33.3 Å². The largest absolute Gasteiger partial charge is 0.458 e. The smallest absolute Gasteiger partial charge is 0.330 e. The van der Waals surface area contributed by atoms with Crippen molar-refractivity contribution in [3.63, 3.8) is 0 Å². The lowest BCUT2D eigenvalue weighted by atomic mass is 10.0. The first kappa shape index (κ1) is 36.6. The molecular weight excluding hydrogens is 600 g/mol.